The zero-order valence-corrected chi connectivity index (χ0v) is 15.0. The lowest BCUT2D eigenvalue weighted by atomic mass is 10.1. The Hall–Kier alpha value is -3.74. The Bertz CT molecular complexity index is 1040. The highest BCUT2D eigenvalue weighted by Gasteiger charge is 2.35. The number of ether oxygens (including phenoxy) is 1. The van der Waals surface area contributed by atoms with Crippen molar-refractivity contribution in [1.29, 1.82) is 0 Å². The highest BCUT2D eigenvalue weighted by atomic mass is 16.5. The molecule has 0 saturated carbocycles. The third kappa shape index (κ3) is 2.96. The molecule has 0 radical (unpaired) electrons. The maximum absolute atomic E-state index is 12.6. The van der Waals surface area contributed by atoms with Gasteiger partial charge in [-0.05, 0) is 19.1 Å². The van der Waals surface area contributed by atoms with Crippen LogP contribution in [0.25, 0.3) is 11.3 Å². The third-order valence-electron chi connectivity index (χ3n) is 4.54. The molecule has 2 heterocycles. The van der Waals surface area contributed by atoms with Gasteiger partial charge in [0.1, 0.15) is 23.6 Å². The Morgan fingerprint density at radius 1 is 1.00 bits per heavy atom. The van der Waals surface area contributed by atoms with E-state index in [0.29, 0.717) is 22.6 Å². The minimum atomic E-state index is -0.616. The molecule has 140 valence electrons. The number of rotatable bonds is 5. The van der Waals surface area contributed by atoms with Crippen LogP contribution >= 0.6 is 0 Å². The van der Waals surface area contributed by atoms with Crippen molar-refractivity contribution in [3.05, 3.63) is 77.0 Å². The molecule has 0 atom stereocenters. The van der Waals surface area contributed by atoms with Crippen molar-refractivity contribution in [3.63, 3.8) is 0 Å². The Morgan fingerprint density at radius 3 is 2.25 bits per heavy atom. The van der Waals surface area contributed by atoms with E-state index < -0.39 is 5.97 Å². The number of aromatic nitrogens is 1. The predicted molar refractivity (Wildman–Crippen MR) is 98.8 cm³/mol. The number of nitrogens with zero attached hydrogens (tertiary/aromatic N) is 2. The number of hydrogen-bond acceptors (Lipinski definition) is 6. The zero-order chi connectivity index (χ0) is 19.7. The number of hydrogen-bond donors (Lipinski definition) is 0. The summed E-state index contributed by atoms with van der Waals surface area (Å²) in [6.07, 6.45) is 0. The van der Waals surface area contributed by atoms with Gasteiger partial charge in [0.15, 0.2) is 0 Å². The molecule has 0 aliphatic carbocycles. The van der Waals surface area contributed by atoms with Gasteiger partial charge in [0.2, 0.25) is 0 Å². The van der Waals surface area contributed by atoms with Crippen LogP contribution in [-0.2, 0) is 4.74 Å². The number of aryl methyl sites for hydroxylation is 1. The second-order valence-electron chi connectivity index (χ2n) is 6.27. The van der Waals surface area contributed by atoms with Crippen molar-refractivity contribution >= 4 is 17.8 Å². The quantitative estimate of drug-likeness (QED) is 0.502. The van der Waals surface area contributed by atoms with Crippen molar-refractivity contribution in [2.24, 2.45) is 0 Å². The van der Waals surface area contributed by atoms with E-state index in [1.807, 2.05) is 30.3 Å². The molecule has 1 aromatic heterocycles. The number of imide groups is 1. The molecule has 0 N–H and O–H groups in total. The second kappa shape index (κ2) is 7.11. The van der Waals surface area contributed by atoms with Crippen molar-refractivity contribution in [2.75, 3.05) is 13.2 Å². The fourth-order valence-corrected chi connectivity index (χ4v) is 3.15. The van der Waals surface area contributed by atoms with Gasteiger partial charge in [0, 0.05) is 5.56 Å². The van der Waals surface area contributed by atoms with Gasteiger partial charge in [0.25, 0.3) is 11.8 Å². The Balaban J connectivity index is 1.45. The first-order valence-electron chi connectivity index (χ1n) is 8.72. The summed E-state index contributed by atoms with van der Waals surface area (Å²) in [5, 5.41) is 3.95. The van der Waals surface area contributed by atoms with E-state index in [-0.39, 0.29) is 30.5 Å². The van der Waals surface area contributed by atoms with Crippen LogP contribution in [0.4, 0.5) is 0 Å². The summed E-state index contributed by atoms with van der Waals surface area (Å²) >= 11 is 0. The average Bonchev–Trinajstić information content (AvgIpc) is 3.22. The largest absolute Gasteiger partial charge is 0.460 e. The molecule has 7 nitrogen and oxygen atoms in total. The SMILES string of the molecule is Cc1onc(-c2ccccc2)c1C(=O)OCCN1C(=O)c2ccccc2C1=O. The monoisotopic (exact) mass is 376 g/mol. The fraction of sp³-hybridized carbons (Fsp3) is 0.143. The fourth-order valence-electron chi connectivity index (χ4n) is 3.15. The number of benzene rings is 2. The van der Waals surface area contributed by atoms with Crippen LogP contribution in [0, 0.1) is 6.92 Å². The summed E-state index contributed by atoms with van der Waals surface area (Å²) in [7, 11) is 0. The second-order valence-corrected chi connectivity index (χ2v) is 6.27. The van der Waals surface area contributed by atoms with E-state index >= 15 is 0 Å². The van der Waals surface area contributed by atoms with Crippen LogP contribution in [0.1, 0.15) is 36.8 Å². The summed E-state index contributed by atoms with van der Waals surface area (Å²) in [6.45, 7) is 1.48. The molecule has 1 aliphatic rings. The summed E-state index contributed by atoms with van der Waals surface area (Å²) in [6, 6.07) is 15.8. The van der Waals surface area contributed by atoms with Gasteiger partial charge in [0.05, 0.1) is 17.7 Å². The highest BCUT2D eigenvalue weighted by Crippen LogP contribution is 2.26. The lowest BCUT2D eigenvalue weighted by Crippen LogP contribution is -2.33. The Kier molecular flexibility index (Phi) is 4.49. The molecule has 4 rings (SSSR count). The van der Waals surface area contributed by atoms with Gasteiger partial charge in [-0.2, -0.15) is 0 Å². The van der Waals surface area contributed by atoms with E-state index in [9.17, 15) is 14.4 Å². The van der Waals surface area contributed by atoms with Gasteiger partial charge in [-0.25, -0.2) is 4.79 Å². The summed E-state index contributed by atoms with van der Waals surface area (Å²) in [5.74, 6) is -1.05. The molecular formula is C21H16N2O5. The minimum absolute atomic E-state index is 0.0247. The third-order valence-corrected chi connectivity index (χ3v) is 4.54. The smallest absolute Gasteiger partial charge is 0.344 e. The molecule has 3 aromatic rings. The number of amides is 2. The first kappa shape index (κ1) is 17.7. The van der Waals surface area contributed by atoms with Crippen LogP contribution in [0.2, 0.25) is 0 Å². The molecule has 2 aromatic carbocycles. The van der Waals surface area contributed by atoms with E-state index in [1.54, 1.807) is 31.2 Å². The molecule has 0 saturated heterocycles. The maximum atomic E-state index is 12.6. The predicted octanol–water partition coefficient (Wildman–Crippen LogP) is 3.10. The molecule has 0 spiro atoms. The molecule has 1 aliphatic heterocycles. The Morgan fingerprint density at radius 2 is 1.61 bits per heavy atom. The van der Waals surface area contributed by atoms with E-state index in [4.69, 9.17) is 9.26 Å². The molecule has 0 unspecified atom stereocenters. The van der Waals surface area contributed by atoms with Gasteiger partial charge in [-0.1, -0.05) is 47.6 Å². The van der Waals surface area contributed by atoms with Crippen LogP contribution in [-0.4, -0.2) is 41.0 Å². The van der Waals surface area contributed by atoms with Crippen LogP contribution in [0.5, 0.6) is 0 Å². The Labute approximate surface area is 160 Å². The molecule has 7 heteroatoms. The number of carbonyl (C=O) groups is 3. The first-order chi connectivity index (χ1) is 13.6. The molecule has 0 fully saturated rings. The van der Waals surface area contributed by atoms with Crippen molar-refractivity contribution < 1.29 is 23.6 Å². The van der Waals surface area contributed by atoms with E-state index in [2.05, 4.69) is 5.16 Å². The highest BCUT2D eigenvalue weighted by molar-refractivity contribution is 6.21. The maximum Gasteiger partial charge on any atom is 0.344 e. The lowest BCUT2D eigenvalue weighted by Gasteiger charge is -2.13. The average molecular weight is 376 g/mol. The van der Waals surface area contributed by atoms with Gasteiger partial charge < -0.3 is 9.26 Å². The summed E-state index contributed by atoms with van der Waals surface area (Å²) in [5.41, 5.74) is 2.07. The van der Waals surface area contributed by atoms with E-state index in [1.165, 1.54) is 0 Å². The van der Waals surface area contributed by atoms with E-state index in [0.717, 1.165) is 10.5 Å². The van der Waals surface area contributed by atoms with Crippen LogP contribution < -0.4 is 0 Å². The van der Waals surface area contributed by atoms with Crippen LogP contribution in [0.3, 0.4) is 0 Å². The molecular weight excluding hydrogens is 360 g/mol. The number of carbonyl (C=O) groups excluding carboxylic acids is 3. The standard InChI is InChI=1S/C21H16N2O5/c1-13-17(18(22-28-13)14-7-3-2-4-8-14)21(26)27-12-11-23-19(24)15-9-5-6-10-16(15)20(23)25/h2-10H,11-12H2,1H3. The van der Waals surface area contributed by atoms with Gasteiger partial charge in [-0.15, -0.1) is 0 Å². The molecule has 28 heavy (non-hydrogen) atoms. The molecule has 0 bridgehead atoms. The number of fused-ring (bicyclic) bond motifs is 1. The summed E-state index contributed by atoms with van der Waals surface area (Å²) < 4.78 is 10.5. The number of esters is 1. The van der Waals surface area contributed by atoms with Gasteiger partial charge in [-0.3, -0.25) is 14.5 Å². The first-order valence-corrected chi connectivity index (χ1v) is 8.72. The van der Waals surface area contributed by atoms with Crippen molar-refractivity contribution in [2.45, 2.75) is 6.92 Å². The van der Waals surface area contributed by atoms with Crippen molar-refractivity contribution in [3.8, 4) is 11.3 Å². The minimum Gasteiger partial charge on any atom is -0.460 e. The molecule has 2 amide bonds. The summed E-state index contributed by atoms with van der Waals surface area (Å²) in [4.78, 5) is 38.3. The normalized spacial score (nSPS) is 13.0. The van der Waals surface area contributed by atoms with Gasteiger partial charge >= 0.3 is 5.97 Å². The van der Waals surface area contributed by atoms with Crippen LogP contribution in [0.15, 0.2) is 59.1 Å². The zero-order valence-electron chi connectivity index (χ0n) is 15.0. The lowest BCUT2D eigenvalue weighted by molar-refractivity contribution is 0.0419. The topological polar surface area (TPSA) is 89.7 Å². The van der Waals surface area contributed by atoms with Crippen molar-refractivity contribution in [1.82, 2.24) is 10.1 Å².